The van der Waals surface area contributed by atoms with Gasteiger partial charge in [-0.1, -0.05) is 60.1 Å². The Hall–Kier alpha value is -1.02. The van der Waals surface area contributed by atoms with Gasteiger partial charge in [0.2, 0.25) is 0 Å². The molecule has 114 valence electrons. The fourth-order valence-corrected chi connectivity index (χ4v) is 2.12. The van der Waals surface area contributed by atoms with E-state index in [2.05, 4.69) is 71.1 Å². The van der Waals surface area contributed by atoms with Crippen molar-refractivity contribution in [2.45, 2.75) is 71.9 Å². The summed E-state index contributed by atoms with van der Waals surface area (Å²) in [7, 11) is 0. The Balaban J connectivity index is 2.72. The van der Waals surface area contributed by atoms with E-state index in [1.807, 2.05) is 0 Å². The Bertz CT molecular complexity index is 393. The van der Waals surface area contributed by atoms with Crippen LogP contribution in [0.1, 0.15) is 59.9 Å². The van der Waals surface area contributed by atoms with E-state index in [1.54, 1.807) is 0 Å². The lowest BCUT2D eigenvalue weighted by atomic mass is 9.87. The van der Waals surface area contributed by atoms with Crippen LogP contribution in [-0.2, 0) is 5.41 Å². The molecular formula is C18H31NO. The van der Waals surface area contributed by atoms with Crippen molar-refractivity contribution in [1.29, 1.82) is 0 Å². The number of rotatable bonds is 7. The summed E-state index contributed by atoms with van der Waals surface area (Å²) in [4.78, 5) is 0. The van der Waals surface area contributed by atoms with Crippen molar-refractivity contribution in [3.8, 4) is 5.75 Å². The van der Waals surface area contributed by atoms with E-state index in [0.717, 1.165) is 25.1 Å². The largest absolute Gasteiger partial charge is 0.489 e. The molecule has 0 saturated carbocycles. The van der Waals surface area contributed by atoms with Crippen LogP contribution in [0.4, 0.5) is 0 Å². The second-order valence-corrected chi connectivity index (χ2v) is 6.87. The van der Waals surface area contributed by atoms with E-state index >= 15 is 0 Å². The molecule has 0 amide bonds. The Morgan fingerprint density at radius 2 is 1.90 bits per heavy atom. The zero-order chi connectivity index (χ0) is 15.2. The normalized spacial score (nSPS) is 13.6. The molecule has 0 aromatic heterocycles. The third-order valence-electron chi connectivity index (χ3n) is 3.37. The number of hydrogen-bond donors (Lipinski definition) is 1. The molecule has 20 heavy (non-hydrogen) atoms. The van der Waals surface area contributed by atoms with E-state index in [4.69, 9.17) is 4.74 Å². The molecule has 0 heterocycles. The first-order chi connectivity index (χ1) is 9.32. The zero-order valence-corrected chi connectivity index (χ0v) is 14.0. The lowest BCUT2D eigenvalue weighted by molar-refractivity contribution is 0.183. The van der Waals surface area contributed by atoms with Crippen LogP contribution in [0.5, 0.6) is 5.75 Å². The first kappa shape index (κ1) is 17.0. The molecule has 1 aromatic carbocycles. The fraction of sp³-hybridized carbons (Fsp3) is 0.667. The SMILES string of the molecule is CCCC(CNC(C)C)Oc1cccc(C(C)(C)C)c1. The van der Waals surface area contributed by atoms with Crippen molar-refractivity contribution in [1.82, 2.24) is 5.32 Å². The van der Waals surface area contributed by atoms with Gasteiger partial charge in [-0.3, -0.25) is 0 Å². The van der Waals surface area contributed by atoms with Gasteiger partial charge in [-0.2, -0.15) is 0 Å². The van der Waals surface area contributed by atoms with Crippen LogP contribution in [0.15, 0.2) is 24.3 Å². The first-order valence-corrected chi connectivity index (χ1v) is 7.83. The molecule has 1 rings (SSSR count). The summed E-state index contributed by atoms with van der Waals surface area (Å²) >= 11 is 0. The third-order valence-corrected chi connectivity index (χ3v) is 3.37. The van der Waals surface area contributed by atoms with Crippen LogP contribution in [0, 0.1) is 0 Å². The Morgan fingerprint density at radius 1 is 1.20 bits per heavy atom. The molecule has 1 atom stereocenters. The molecule has 0 bridgehead atoms. The molecule has 0 radical (unpaired) electrons. The van der Waals surface area contributed by atoms with Gasteiger partial charge in [0.15, 0.2) is 0 Å². The number of nitrogens with one attached hydrogen (secondary N) is 1. The molecule has 0 aliphatic rings. The maximum absolute atomic E-state index is 6.18. The van der Waals surface area contributed by atoms with Crippen LogP contribution in [-0.4, -0.2) is 18.7 Å². The summed E-state index contributed by atoms with van der Waals surface area (Å²) in [6.07, 6.45) is 2.47. The molecular weight excluding hydrogens is 246 g/mol. The number of hydrogen-bond acceptors (Lipinski definition) is 2. The highest BCUT2D eigenvalue weighted by molar-refractivity contribution is 5.32. The molecule has 0 aliphatic heterocycles. The van der Waals surface area contributed by atoms with Crippen molar-refractivity contribution in [3.05, 3.63) is 29.8 Å². The van der Waals surface area contributed by atoms with Crippen molar-refractivity contribution >= 4 is 0 Å². The summed E-state index contributed by atoms with van der Waals surface area (Å²) in [6, 6.07) is 9.01. The van der Waals surface area contributed by atoms with Gasteiger partial charge in [-0.05, 0) is 29.5 Å². The van der Waals surface area contributed by atoms with Crippen molar-refractivity contribution in [3.63, 3.8) is 0 Å². The predicted molar refractivity (Wildman–Crippen MR) is 87.6 cm³/mol. The van der Waals surface area contributed by atoms with Gasteiger partial charge in [0, 0.05) is 12.6 Å². The highest BCUT2D eigenvalue weighted by Gasteiger charge is 2.15. The summed E-state index contributed by atoms with van der Waals surface area (Å²) in [5, 5.41) is 3.47. The number of ether oxygens (including phenoxy) is 1. The minimum Gasteiger partial charge on any atom is -0.489 e. The highest BCUT2D eigenvalue weighted by Crippen LogP contribution is 2.26. The van der Waals surface area contributed by atoms with Crippen LogP contribution in [0.2, 0.25) is 0 Å². The Morgan fingerprint density at radius 3 is 2.45 bits per heavy atom. The van der Waals surface area contributed by atoms with E-state index in [1.165, 1.54) is 5.56 Å². The summed E-state index contributed by atoms with van der Waals surface area (Å²) in [5.74, 6) is 0.987. The van der Waals surface area contributed by atoms with Crippen molar-refractivity contribution in [2.75, 3.05) is 6.54 Å². The lowest BCUT2D eigenvalue weighted by Gasteiger charge is -2.23. The molecule has 1 N–H and O–H groups in total. The zero-order valence-electron chi connectivity index (χ0n) is 14.0. The molecule has 0 spiro atoms. The monoisotopic (exact) mass is 277 g/mol. The van der Waals surface area contributed by atoms with Crippen molar-refractivity contribution in [2.24, 2.45) is 0 Å². The minimum atomic E-state index is 0.163. The standard InChI is InChI=1S/C18H31NO/c1-7-9-17(13-19-14(2)3)20-16-11-8-10-15(12-16)18(4,5)6/h8,10-12,14,17,19H,7,9,13H2,1-6H3. The molecule has 0 saturated heterocycles. The molecule has 0 aliphatic carbocycles. The van der Waals surface area contributed by atoms with E-state index in [9.17, 15) is 0 Å². The second kappa shape index (κ2) is 7.68. The Labute approximate surface area is 124 Å². The average Bonchev–Trinajstić information content (AvgIpc) is 2.35. The highest BCUT2D eigenvalue weighted by atomic mass is 16.5. The maximum Gasteiger partial charge on any atom is 0.120 e. The fourth-order valence-electron chi connectivity index (χ4n) is 2.12. The van der Waals surface area contributed by atoms with Gasteiger partial charge in [0.25, 0.3) is 0 Å². The van der Waals surface area contributed by atoms with Gasteiger partial charge in [-0.15, -0.1) is 0 Å². The molecule has 2 heteroatoms. The van der Waals surface area contributed by atoms with Gasteiger partial charge < -0.3 is 10.1 Å². The topological polar surface area (TPSA) is 21.3 Å². The number of benzene rings is 1. The second-order valence-electron chi connectivity index (χ2n) is 6.87. The van der Waals surface area contributed by atoms with Gasteiger partial charge in [-0.25, -0.2) is 0 Å². The quantitative estimate of drug-likeness (QED) is 0.790. The summed E-state index contributed by atoms with van der Waals surface area (Å²) in [5.41, 5.74) is 1.48. The van der Waals surface area contributed by atoms with E-state index in [0.29, 0.717) is 6.04 Å². The van der Waals surface area contributed by atoms with Gasteiger partial charge in [0.1, 0.15) is 11.9 Å². The summed E-state index contributed by atoms with van der Waals surface area (Å²) < 4.78 is 6.18. The Kier molecular flexibility index (Phi) is 6.54. The van der Waals surface area contributed by atoms with Crippen molar-refractivity contribution < 1.29 is 4.74 Å². The van der Waals surface area contributed by atoms with E-state index < -0.39 is 0 Å². The average molecular weight is 277 g/mol. The predicted octanol–water partition coefficient (Wildman–Crippen LogP) is 4.53. The van der Waals surface area contributed by atoms with E-state index in [-0.39, 0.29) is 11.5 Å². The van der Waals surface area contributed by atoms with Gasteiger partial charge >= 0.3 is 0 Å². The van der Waals surface area contributed by atoms with Crippen LogP contribution >= 0.6 is 0 Å². The van der Waals surface area contributed by atoms with Crippen LogP contribution < -0.4 is 10.1 Å². The maximum atomic E-state index is 6.18. The minimum absolute atomic E-state index is 0.163. The smallest absolute Gasteiger partial charge is 0.120 e. The summed E-state index contributed by atoms with van der Waals surface area (Å²) in [6.45, 7) is 14.1. The molecule has 1 unspecified atom stereocenters. The van der Waals surface area contributed by atoms with Crippen LogP contribution in [0.25, 0.3) is 0 Å². The third kappa shape index (κ3) is 5.96. The molecule has 1 aromatic rings. The van der Waals surface area contributed by atoms with Gasteiger partial charge in [0.05, 0.1) is 0 Å². The molecule has 2 nitrogen and oxygen atoms in total. The van der Waals surface area contributed by atoms with Crippen LogP contribution in [0.3, 0.4) is 0 Å². The molecule has 0 fully saturated rings. The first-order valence-electron chi connectivity index (χ1n) is 7.83. The lowest BCUT2D eigenvalue weighted by Crippen LogP contribution is -2.35.